The van der Waals surface area contributed by atoms with Crippen molar-refractivity contribution in [3.05, 3.63) is 17.5 Å². The molecule has 1 aliphatic rings. The smallest absolute Gasteiger partial charge is 0.252 e. The number of amides is 1. The average molecular weight is 373 g/mol. The van der Waals surface area contributed by atoms with Crippen LogP contribution in [0.1, 0.15) is 52.4 Å². The first kappa shape index (κ1) is 19.4. The van der Waals surface area contributed by atoms with Gasteiger partial charge in [-0.2, -0.15) is 4.31 Å². The van der Waals surface area contributed by atoms with Crippen molar-refractivity contribution in [2.75, 3.05) is 13.1 Å². The lowest BCUT2D eigenvalue weighted by Gasteiger charge is -2.34. The lowest BCUT2D eigenvalue weighted by Crippen LogP contribution is -2.45. The number of hydrogen-bond donors (Lipinski definition) is 1. The van der Waals surface area contributed by atoms with Crippen LogP contribution in [-0.4, -0.2) is 37.8 Å². The zero-order chi connectivity index (χ0) is 17.6. The van der Waals surface area contributed by atoms with E-state index in [0.717, 1.165) is 32.1 Å². The maximum atomic E-state index is 12.8. The zero-order valence-corrected chi connectivity index (χ0v) is 16.2. The van der Waals surface area contributed by atoms with Crippen LogP contribution < -0.4 is 5.32 Å². The number of piperidine rings is 1. The van der Waals surface area contributed by atoms with E-state index >= 15 is 0 Å². The molecule has 0 saturated carbocycles. The standard InChI is InChI=1S/C17H28N2O3S2/c1-3-14(4-2)17(20)18-11-10-15-8-5-6-12-19(15)24(21,22)16-9-7-13-23-16/h7,9,13-15H,3-6,8,10-12H2,1-2H3,(H,18,20). The molecule has 0 aromatic carbocycles. The minimum atomic E-state index is -3.41. The van der Waals surface area contributed by atoms with Gasteiger partial charge in [0, 0.05) is 25.0 Å². The molecule has 1 N–H and O–H groups in total. The predicted molar refractivity (Wildman–Crippen MR) is 97.5 cm³/mol. The molecule has 5 nitrogen and oxygen atoms in total. The lowest BCUT2D eigenvalue weighted by atomic mass is 10.0. The van der Waals surface area contributed by atoms with Gasteiger partial charge in [-0.1, -0.05) is 26.3 Å². The van der Waals surface area contributed by atoms with Crippen molar-refractivity contribution in [1.29, 1.82) is 0 Å². The highest BCUT2D eigenvalue weighted by molar-refractivity contribution is 7.91. The molecule has 1 fully saturated rings. The van der Waals surface area contributed by atoms with E-state index < -0.39 is 10.0 Å². The molecule has 1 saturated heterocycles. The third-order valence-electron chi connectivity index (χ3n) is 4.76. The summed E-state index contributed by atoms with van der Waals surface area (Å²) in [7, 11) is -3.41. The molecule has 2 heterocycles. The first-order chi connectivity index (χ1) is 11.5. The van der Waals surface area contributed by atoms with Crippen LogP contribution in [0.3, 0.4) is 0 Å². The second-order valence-electron chi connectivity index (χ2n) is 6.29. The highest BCUT2D eigenvalue weighted by Gasteiger charge is 2.33. The molecule has 1 aromatic rings. The predicted octanol–water partition coefficient (Wildman–Crippen LogP) is 3.23. The molecule has 7 heteroatoms. The molecule has 0 aliphatic carbocycles. The monoisotopic (exact) mass is 372 g/mol. The van der Waals surface area contributed by atoms with Crippen LogP contribution in [0.4, 0.5) is 0 Å². The molecule has 1 unspecified atom stereocenters. The van der Waals surface area contributed by atoms with Gasteiger partial charge in [0.25, 0.3) is 10.0 Å². The molecule has 136 valence electrons. The minimum Gasteiger partial charge on any atom is -0.356 e. The van der Waals surface area contributed by atoms with Gasteiger partial charge < -0.3 is 5.32 Å². The van der Waals surface area contributed by atoms with E-state index in [1.54, 1.807) is 21.8 Å². The number of carbonyl (C=O) groups is 1. The van der Waals surface area contributed by atoms with E-state index in [1.807, 2.05) is 13.8 Å². The van der Waals surface area contributed by atoms with Crippen molar-refractivity contribution in [2.24, 2.45) is 5.92 Å². The number of carbonyl (C=O) groups excluding carboxylic acids is 1. The second kappa shape index (κ2) is 8.97. The minimum absolute atomic E-state index is 0.0205. The third-order valence-corrected chi connectivity index (χ3v) is 8.09. The van der Waals surface area contributed by atoms with Crippen molar-refractivity contribution in [3.63, 3.8) is 0 Å². The number of nitrogens with zero attached hydrogens (tertiary/aromatic N) is 1. The summed E-state index contributed by atoms with van der Waals surface area (Å²) in [6.07, 6.45) is 5.17. The number of thiophene rings is 1. The molecule has 1 atom stereocenters. The Balaban J connectivity index is 1.96. The number of hydrogen-bond acceptors (Lipinski definition) is 4. The van der Waals surface area contributed by atoms with Crippen LogP contribution in [0.15, 0.2) is 21.7 Å². The molecule has 2 rings (SSSR count). The van der Waals surface area contributed by atoms with E-state index in [1.165, 1.54) is 11.3 Å². The second-order valence-corrected chi connectivity index (χ2v) is 9.36. The van der Waals surface area contributed by atoms with Crippen LogP contribution in [0, 0.1) is 5.92 Å². The Bertz CT molecular complexity index is 610. The van der Waals surface area contributed by atoms with Gasteiger partial charge in [-0.15, -0.1) is 11.3 Å². The topological polar surface area (TPSA) is 66.5 Å². The Hall–Kier alpha value is -0.920. The Kier molecular flexibility index (Phi) is 7.25. The number of rotatable bonds is 8. The molecule has 0 bridgehead atoms. The summed E-state index contributed by atoms with van der Waals surface area (Å²) in [5.74, 6) is 0.144. The Morgan fingerprint density at radius 1 is 1.38 bits per heavy atom. The fraction of sp³-hybridized carbons (Fsp3) is 0.706. The maximum absolute atomic E-state index is 12.8. The van der Waals surface area contributed by atoms with Crippen LogP contribution >= 0.6 is 11.3 Å². The van der Waals surface area contributed by atoms with E-state index in [4.69, 9.17) is 0 Å². The van der Waals surface area contributed by atoms with Gasteiger partial charge >= 0.3 is 0 Å². The van der Waals surface area contributed by atoms with Crippen LogP contribution in [0.25, 0.3) is 0 Å². The highest BCUT2D eigenvalue weighted by atomic mass is 32.2. The summed E-state index contributed by atoms with van der Waals surface area (Å²) in [5.41, 5.74) is 0. The Labute approximate surface area is 149 Å². The summed E-state index contributed by atoms with van der Waals surface area (Å²) >= 11 is 1.26. The Morgan fingerprint density at radius 3 is 2.75 bits per heavy atom. The molecule has 0 radical (unpaired) electrons. The van der Waals surface area contributed by atoms with Crippen molar-refractivity contribution in [3.8, 4) is 0 Å². The molecule has 1 aliphatic heterocycles. The van der Waals surface area contributed by atoms with Crippen molar-refractivity contribution < 1.29 is 13.2 Å². The van der Waals surface area contributed by atoms with Gasteiger partial charge in [-0.25, -0.2) is 8.42 Å². The average Bonchev–Trinajstić information content (AvgIpc) is 3.12. The molecule has 1 amide bonds. The largest absolute Gasteiger partial charge is 0.356 e. The van der Waals surface area contributed by atoms with Gasteiger partial charge in [0.15, 0.2) is 0 Å². The fourth-order valence-electron chi connectivity index (χ4n) is 3.27. The fourth-order valence-corrected chi connectivity index (χ4v) is 6.11. The summed E-state index contributed by atoms with van der Waals surface area (Å²) in [4.78, 5) is 12.1. The van der Waals surface area contributed by atoms with Gasteiger partial charge in [-0.05, 0) is 43.6 Å². The first-order valence-corrected chi connectivity index (χ1v) is 11.2. The molecule has 24 heavy (non-hydrogen) atoms. The van der Waals surface area contributed by atoms with Gasteiger partial charge in [0.2, 0.25) is 5.91 Å². The molecular weight excluding hydrogens is 344 g/mol. The number of sulfonamides is 1. The van der Waals surface area contributed by atoms with E-state index in [9.17, 15) is 13.2 Å². The summed E-state index contributed by atoms with van der Waals surface area (Å²) in [5, 5.41) is 4.77. The van der Waals surface area contributed by atoms with E-state index in [2.05, 4.69) is 5.32 Å². The zero-order valence-electron chi connectivity index (χ0n) is 14.5. The maximum Gasteiger partial charge on any atom is 0.252 e. The highest BCUT2D eigenvalue weighted by Crippen LogP contribution is 2.29. The lowest BCUT2D eigenvalue weighted by molar-refractivity contribution is -0.125. The molecule has 0 spiro atoms. The number of nitrogens with one attached hydrogen (secondary N) is 1. The quantitative estimate of drug-likeness (QED) is 0.762. The van der Waals surface area contributed by atoms with Gasteiger partial charge in [-0.3, -0.25) is 4.79 Å². The van der Waals surface area contributed by atoms with Crippen LogP contribution in [0.5, 0.6) is 0 Å². The van der Waals surface area contributed by atoms with Gasteiger partial charge in [0.05, 0.1) is 0 Å². The van der Waals surface area contributed by atoms with Crippen molar-refractivity contribution >= 4 is 27.3 Å². The summed E-state index contributed by atoms with van der Waals surface area (Å²) in [6, 6.07) is 3.42. The molecular formula is C17H28N2O3S2. The van der Waals surface area contributed by atoms with Crippen LogP contribution in [0.2, 0.25) is 0 Å². The van der Waals surface area contributed by atoms with Gasteiger partial charge in [0.1, 0.15) is 4.21 Å². The van der Waals surface area contributed by atoms with E-state index in [0.29, 0.717) is 23.7 Å². The third kappa shape index (κ3) is 4.58. The first-order valence-electron chi connectivity index (χ1n) is 8.83. The summed E-state index contributed by atoms with van der Waals surface area (Å²) < 4.78 is 27.7. The van der Waals surface area contributed by atoms with E-state index in [-0.39, 0.29) is 17.9 Å². The Morgan fingerprint density at radius 2 is 2.12 bits per heavy atom. The van der Waals surface area contributed by atoms with Crippen molar-refractivity contribution in [1.82, 2.24) is 9.62 Å². The van der Waals surface area contributed by atoms with Crippen molar-refractivity contribution in [2.45, 2.75) is 62.6 Å². The molecule has 1 aromatic heterocycles. The normalized spacial score (nSPS) is 19.5. The summed E-state index contributed by atoms with van der Waals surface area (Å²) in [6.45, 7) is 5.15. The van der Waals surface area contributed by atoms with Crippen LogP contribution in [-0.2, 0) is 14.8 Å². The SMILES string of the molecule is CCC(CC)C(=O)NCCC1CCCCN1S(=O)(=O)c1cccs1.